The lowest BCUT2D eigenvalue weighted by Gasteiger charge is -2.47. The van der Waals surface area contributed by atoms with Gasteiger partial charge in [0.2, 0.25) is 16.6 Å². The van der Waals surface area contributed by atoms with E-state index in [-0.39, 0.29) is 90.1 Å². The maximum absolute atomic E-state index is 16.6. The van der Waals surface area contributed by atoms with Gasteiger partial charge in [-0.3, -0.25) is 14.4 Å². The molecule has 0 heterocycles. The third kappa shape index (κ3) is 21.6. The van der Waals surface area contributed by atoms with Crippen LogP contribution in [0.25, 0.3) is 0 Å². The zero-order chi connectivity index (χ0) is 84.3. The molecule has 7 aromatic rings. The summed E-state index contributed by atoms with van der Waals surface area (Å²) in [5.41, 5.74) is 20.2. The number of ether oxygens (including phenoxy) is 6. The average Bonchev–Trinajstić information content (AvgIpc) is 0.715. The molecule has 7 rings (SSSR count). The zero-order valence-electron chi connectivity index (χ0n) is 64.4. The Balaban J connectivity index is 1.93. The SMILES string of the molecule is CC(C)(C)OC(=O)[C@](Cc1ccc(OCC=CC=S)cc1)(C(N)=O)N(c1cc(N(c2ccc(CN)cc2C(=O)O)[C@@](Cc2ccc(OCC=CC=S)cc2)(C(N)=O)C(=O)OC(C)(C)C)cc(N(c2ccc(CN)cc2C(=O)O)[C@@](Cc2ccc(OCC=CC=S)cc2)(C(N)=O)C(=O)OC(C)(C)C)c1)c1ccc(CN)cc1C(=O)O. The number of anilines is 6. The third-order valence-corrected chi connectivity index (χ3v) is 17.8. The molecule has 7 aromatic carbocycles. The Morgan fingerprint density at radius 1 is 0.351 bits per heavy atom. The first-order chi connectivity index (χ1) is 53.8. The molecule has 0 aliphatic carbocycles. The third-order valence-electron chi connectivity index (χ3n) is 17.4. The number of thiocarbonyl (C=S) groups is 3. The Morgan fingerprint density at radius 2 is 0.570 bits per heavy atom. The molecule has 30 heteroatoms. The lowest BCUT2D eigenvalue weighted by molar-refractivity contribution is -0.165. The molecular formula is C84H93N9O18S3. The highest BCUT2D eigenvalue weighted by molar-refractivity contribution is 7.79. The highest BCUT2D eigenvalue weighted by atomic mass is 32.1. The van der Waals surface area contributed by atoms with Crippen molar-refractivity contribution in [2.75, 3.05) is 34.5 Å². The molecule has 0 aliphatic rings. The number of primary amides is 3. The molecule has 0 unspecified atom stereocenters. The first-order valence-electron chi connectivity index (χ1n) is 35.6. The van der Waals surface area contributed by atoms with Gasteiger partial charge in [-0.15, -0.1) is 0 Å². The molecule has 114 heavy (non-hydrogen) atoms. The van der Waals surface area contributed by atoms with Gasteiger partial charge in [0.05, 0.1) is 33.8 Å². The number of carbonyl (C=O) groups excluding carboxylic acids is 6. The molecule has 0 bridgehead atoms. The van der Waals surface area contributed by atoms with Gasteiger partial charge in [0.15, 0.2) is 0 Å². The number of hydrogen-bond donors (Lipinski definition) is 9. The molecular weight excluding hydrogens is 1520 g/mol. The fourth-order valence-electron chi connectivity index (χ4n) is 12.4. The molecule has 15 N–H and O–H groups in total. The molecule has 0 saturated heterocycles. The summed E-state index contributed by atoms with van der Waals surface area (Å²) in [5, 5.41) is 39.4. The molecule has 3 amide bonds. The van der Waals surface area contributed by atoms with E-state index >= 15 is 28.8 Å². The zero-order valence-corrected chi connectivity index (χ0v) is 66.9. The van der Waals surface area contributed by atoms with Crippen LogP contribution in [0.3, 0.4) is 0 Å². The van der Waals surface area contributed by atoms with Crippen molar-refractivity contribution in [3.05, 3.63) is 232 Å². The van der Waals surface area contributed by atoms with Gasteiger partial charge < -0.3 is 92.8 Å². The predicted molar refractivity (Wildman–Crippen MR) is 445 cm³/mol. The van der Waals surface area contributed by atoms with E-state index in [1.54, 1.807) is 36.5 Å². The highest BCUT2D eigenvalue weighted by Crippen LogP contribution is 2.51. The number of allylic oxidation sites excluding steroid dienone is 3. The van der Waals surface area contributed by atoms with Gasteiger partial charge >= 0.3 is 35.8 Å². The number of benzene rings is 7. The number of hydrogen-bond acceptors (Lipinski definition) is 24. The summed E-state index contributed by atoms with van der Waals surface area (Å²) in [7, 11) is 0. The maximum atomic E-state index is 16.6. The minimum atomic E-state index is -3.19. The van der Waals surface area contributed by atoms with Crippen LogP contribution in [0, 0.1) is 0 Å². The molecule has 0 radical (unpaired) electrons. The quantitative estimate of drug-likeness (QED) is 0.00568. The van der Waals surface area contributed by atoms with Crippen molar-refractivity contribution in [3.8, 4) is 17.2 Å². The van der Waals surface area contributed by atoms with E-state index < -0.39 is 157 Å². The summed E-state index contributed by atoms with van der Waals surface area (Å²) in [6.07, 6.45) is 6.95. The molecule has 600 valence electrons. The molecule has 3 atom stereocenters. The van der Waals surface area contributed by atoms with Gasteiger partial charge in [0.1, 0.15) is 53.9 Å². The van der Waals surface area contributed by atoms with Crippen molar-refractivity contribution < 1.29 is 86.9 Å². The predicted octanol–water partition coefficient (Wildman–Crippen LogP) is 10.8. The Kier molecular flexibility index (Phi) is 30.1. The van der Waals surface area contributed by atoms with Crippen LogP contribution in [0.5, 0.6) is 17.2 Å². The summed E-state index contributed by atoms with van der Waals surface area (Å²) < 4.78 is 36.8. The normalized spacial score (nSPS) is 13.3. The minimum Gasteiger partial charge on any atom is -0.490 e. The number of carboxylic acids is 3. The van der Waals surface area contributed by atoms with Gasteiger partial charge in [-0.05, 0) is 205 Å². The number of rotatable bonds is 39. The van der Waals surface area contributed by atoms with Crippen LogP contribution in [-0.4, -0.2) is 138 Å². The summed E-state index contributed by atoms with van der Waals surface area (Å²) in [5.74, 6) is -13.5. The Morgan fingerprint density at radius 3 is 0.754 bits per heavy atom. The fraction of sp³-hybridized carbons (Fsp3) is 0.286. The van der Waals surface area contributed by atoms with Crippen molar-refractivity contribution in [1.29, 1.82) is 0 Å². The van der Waals surface area contributed by atoms with E-state index in [2.05, 4.69) is 0 Å². The van der Waals surface area contributed by atoms with Gasteiger partial charge in [0, 0.05) is 72.1 Å². The lowest BCUT2D eigenvalue weighted by atomic mass is 9.83. The monoisotopic (exact) mass is 1610 g/mol. The van der Waals surface area contributed by atoms with Gasteiger partial charge in [-0.25, -0.2) is 28.8 Å². The molecule has 0 spiro atoms. The Labute approximate surface area is 676 Å². The second-order valence-corrected chi connectivity index (χ2v) is 29.9. The molecule has 0 saturated carbocycles. The first-order valence-corrected chi connectivity index (χ1v) is 37.0. The van der Waals surface area contributed by atoms with E-state index in [0.717, 1.165) is 51.1 Å². The number of carboxylic acid groups (broad SMARTS) is 3. The van der Waals surface area contributed by atoms with Crippen LogP contribution in [0.1, 0.15) is 127 Å². The largest absolute Gasteiger partial charge is 0.490 e. The van der Waals surface area contributed by atoms with Crippen LogP contribution in [0.2, 0.25) is 0 Å². The molecule has 0 aliphatic heterocycles. The Bertz CT molecular complexity index is 4370. The van der Waals surface area contributed by atoms with Gasteiger partial charge in [-0.1, -0.05) is 109 Å². The van der Waals surface area contributed by atoms with E-state index in [4.69, 9.17) is 99.5 Å². The van der Waals surface area contributed by atoms with E-state index in [1.165, 1.54) is 188 Å². The van der Waals surface area contributed by atoms with Crippen LogP contribution in [-0.2, 0) is 81.9 Å². The molecule has 27 nitrogen and oxygen atoms in total. The number of nitrogens with zero attached hydrogens (tertiary/aromatic N) is 3. The lowest BCUT2D eigenvalue weighted by Crippen LogP contribution is -2.65. The number of amides is 3. The van der Waals surface area contributed by atoms with E-state index in [1.807, 2.05) is 0 Å². The second kappa shape index (κ2) is 38.4. The van der Waals surface area contributed by atoms with Crippen molar-refractivity contribution in [1.82, 2.24) is 0 Å². The van der Waals surface area contributed by atoms with Crippen LogP contribution < -0.4 is 63.3 Å². The Hall–Kier alpha value is -12.1. The highest BCUT2D eigenvalue weighted by Gasteiger charge is 2.59. The van der Waals surface area contributed by atoms with Crippen LogP contribution in [0.4, 0.5) is 34.1 Å². The first kappa shape index (κ1) is 89.1. The topological polar surface area (TPSA) is 436 Å². The van der Waals surface area contributed by atoms with E-state index in [9.17, 15) is 29.7 Å². The summed E-state index contributed by atoms with van der Waals surface area (Å²) in [6, 6.07) is 32.1. The number of carbonyl (C=O) groups is 9. The van der Waals surface area contributed by atoms with Crippen molar-refractivity contribution in [2.45, 2.75) is 135 Å². The summed E-state index contributed by atoms with van der Waals surface area (Å²) in [6.45, 7) is 12.4. The minimum absolute atomic E-state index is 0.0305. The maximum Gasteiger partial charge on any atom is 0.343 e. The standard InChI is InChI=1S/C84H93N9O18S3/c1-79(2,3)109-76(103)82(73(88)100,46-52-16-25-61(26-17-52)106-34-10-13-37-112)91(67-31-22-55(49-85)40-64(67)70(94)95)58-43-59(92(68-32-23-56(50-86)41-65(68)71(96)97)83(74(89)101,77(104)110-80(4,5)6)47-53-18-27-62(28-19-53)107-35-11-14-38-113)45-60(44-58)93(69-33-24-57(51-87)42-66(69)72(98)99)84(75(90)102,78(105)111-81(7,8)9)48-54-20-29-63(30-21-54)108-36-12-15-39-114/h10-33,37-45H,34-36,46-51,85-87H2,1-9H3,(H2,88,100)(H2,89,101)(H2,90,102)(H,94,95)(H,96,97)(H,98,99)/t82-,83-,84-/m0/s1. The van der Waals surface area contributed by atoms with Crippen LogP contribution >= 0.6 is 36.7 Å². The van der Waals surface area contributed by atoms with E-state index in [0.29, 0.717) is 0 Å². The molecule has 0 aromatic heterocycles. The van der Waals surface area contributed by atoms with Crippen molar-refractivity contribution in [3.63, 3.8) is 0 Å². The summed E-state index contributed by atoms with van der Waals surface area (Å²) in [4.78, 5) is 144. The summed E-state index contributed by atoms with van der Waals surface area (Å²) >= 11 is 14.8. The fourth-order valence-corrected chi connectivity index (χ4v) is 12.7. The average molecular weight is 1610 g/mol. The van der Waals surface area contributed by atoms with Crippen LogP contribution in [0.15, 0.2) is 182 Å². The number of esters is 3. The van der Waals surface area contributed by atoms with Crippen molar-refractivity contribution in [2.24, 2.45) is 34.4 Å². The van der Waals surface area contributed by atoms with Gasteiger partial charge in [0.25, 0.3) is 17.7 Å². The second-order valence-electron chi connectivity index (χ2n) is 29.1. The number of aromatic carboxylic acids is 3. The molecule has 0 fully saturated rings. The van der Waals surface area contributed by atoms with Gasteiger partial charge in [-0.2, -0.15) is 0 Å². The van der Waals surface area contributed by atoms with Crippen molar-refractivity contribution >= 4 is 140 Å². The number of nitrogens with two attached hydrogens (primary N) is 6. The smallest absolute Gasteiger partial charge is 0.343 e.